The molecule has 144 valence electrons. The second kappa shape index (κ2) is 8.92. The normalized spacial score (nSPS) is 11.8. The van der Waals surface area contributed by atoms with E-state index in [1.807, 2.05) is 6.92 Å². The van der Waals surface area contributed by atoms with Crippen LogP contribution in [-0.4, -0.2) is 23.1 Å². The van der Waals surface area contributed by atoms with E-state index < -0.39 is 17.6 Å². The highest BCUT2D eigenvalue weighted by Gasteiger charge is 2.34. The minimum atomic E-state index is -4.81. The second-order valence-electron chi connectivity index (χ2n) is 5.16. The Balaban J connectivity index is 2.01. The third-order valence-corrected chi connectivity index (χ3v) is 3.18. The molecule has 0 saturated heterocycles. The largest absolute Gasteiger partial charge is 0.457 e. The van der Waals surface area contributed by atoms with E-state index in [2.05, 4.69) is 25.7 Å². The first kappa shape index (κ1) is 20.1. The van der Waals surface area contributed by atoms with E-state index in [1.54, 1.807) is 0 Å². The van der Waals surface area contributed by atoms with Crippen LogP contribution in [0.15, 0.2) is 47.6 Å². The summed E-state index contributed by atoms with van der Waals surface area (Å²) < 4.78 is 56.7. The van der Waals surface area contributed by atoms with Crippen LogP contribution in [0.5, 0.6) is 6.01 Å². The van der Waals surface area contributed by atoms with Gasteiger partial charge in [-0.1, -0.05) is 0 Å². The molecule has 1 aromatic heterocycles. The molecule has 0 amide bonds. The third kappa shape index (κ3) is 5.90. The molecule has 0 unspecified atom stereocenters. The fraction of sp³-hybridized carbons (Fsp3) is 0.250. The first-order valence-corrected chi connectivity index (χ1v) is 7.72. The summed E-state index contributed by atoms with van der Waals surface area (Å²) in [4.78, 5) is 7.91. The number of nitrogens with one attached hydrogen (secondary N) is 3. The average molecular weight is 384 g/mol. The van der Waals surface area contributed by atoms with Gasteiger partial charge in [0.2, 0.25) is 0 Å². The van der Waals surface area contributed by atoms with Gasteiger partial charge in [-0.3, -0.25) is 0 Å². The summed E-state index contributed by atoms with van der Waals surface area (Å²) >= 11 is 0. The lowest BCUT2D eigenvalue weighted by molar-refractivity contribution is -0.139. The van der Waals surface area contributed by atoms with Crippen molar-refractivity contribution in [1.29, 1.82) is 5.53 Å². The molecule has 0 bridgehead atoms. The highest BCUT2D eigenvalue weighted by molar-refractivity contribution is 5.49. The molecule has 0 radical (unpaired) electrons. The number of alkyl halides is 3. The zero-order valence-electron chi connectivity index (χ0n) is 14.1. The molecule has 0 spiro atoms. The minimum Gasteiger partial charge on any atom is -0.457 e. The van der Waals surface area contributed by atoms with Crippen molar-refractivity contribution in [3.8, 4) is 6.01 Å². The van der Waals surface area contributed by atoms with Gasteiger partial charge in [-0.2, -0.15) is 18.3 Å². The lowest BCUT2D eigenvalue weighted by Crippen LogP contribution is -2.09. The monoisotopic (exact) mass is 384 g/mol. The zero-order chi connectivity index (χ0) is 19.9. The number of benzene rings is 1. The second-order valence-corrected chi connectivity index (χ2v) is 5.16. The molecule has 0 aliphatic rings. The fourth-order valence-electron chi connectivity index (χ4n) is 1.93. The third-order valence-electron chi connectivity index (χ3n) is 3.18. The van der Waals surface area contributed by atoms with Crippen LogP contribution in [0, 0.1) is 11.3 Å². The molecule has 0 aliphatic carbocycles. The lowest BCUT2D eigenvalue weighted by Gasteiger charge is -2.10. The molecule has 0 fully saturated rings. The Kier molecular flexibility index (Phi) is 6.63. The summed E-state index contributed by atoms with van der Waals surface area (Å²) in [6.07, 6.45) is -0.605. The predicted octanol–water partition coefficient (Wildman–Crippen LogP) is 4.43. The summed E-state index contributed by atoms with van der Waals surface area (Å²) in [6.45, 7) is 2.44. The predicted molar refractivity (Wildman–Crippen MR) is 89.9 cm³/mol. The van der Waals surface area contributed by atoms with Crippen molar-refractivity contribution in [3.05, 3.63) is 53.9 Å². The standard InChI is InChI=1S/C16H16F4N6O/c1-2-22-11-6-24-15(25-7-11)27-9-12(26-21)8-23-10-3-4-14(17)13(5-10)16(18,19)20/h3-8,21-23H,2,9H2,1H3/b12-8-,26-21?. The van der Waals surface area contributed by atoms with Crippen molar-refractivity contribution in [2.75, 3.05) is 23.8 Å². The van der Waals surface area contributed by atoms with Gasteiger partial charge in [0.25, 0.3) is 0 Å². The van der Waals surface area contributed by atoms with Gasteiger partial charge < -0.3 is 15.4 Å². The van der Waals surface area contributed by atoms with Crippen molar-refractivity contribution in [2.45, 2.75) is 13.1 Å². The molecule has 3 N–H and O–H groups in total. The number of rotatable bonds is 8. The molecule has 2 rings (SSSR count). The van der Waals surface area contributed by atoms with E-state index in [4.69, 9.17) is 10.3 Å². The van der Waals surface area contributed by atoms with Crippen LogP contribution < -0.4 is 15.4 Å². The molecular formula is C16H16F4N6O. The Labute approximate surface area is 152 Å². The molecule has 27 heavy (non-hydrogen) atoms. The molecule has 0 saturated carbocycles. The number of ether oxygens (including phenoxy) is 1. The van der Waals surface area contributed by atoms with E-state index in [0.29, 0.717) is 24.4 Å². The highest BCUT2D eigenvalue weighted by atomic mass is 19.4. The van der Waals surface area contributed by atoms with Crippen molar-refractivity contribution in [3.63, 3.8) is 0 Å². The van der Waals surface area contributed by atoms with Gasteiger partial charge in [-0.15, -0.1) is 0 Å². The van der Waals surface area contributed by atoms with Gasteiger partial charge in [-0.05, 0) is 25.1 Å². The van der Waals surface area contributed by atoms with Crippen molar-refractivity contribution >= 4 is 11.4 Å². The molecule has 1 heterocycles. The molecule has 11 heteroatoms. The highest BCUT2D eigenvalue weighted by Crippen LogP contribution is 2.33. The van der Waals surface area contributed by atoms with Crippen LogP contribution in [0.2, 0.25) is 0 Å². The molecule has 0 atom stereocenters. The van der Waals surface area contributed by atoms with Gasteiger partial charge in [0, 0.05) is 18.4 Å². The zero-order valence-corrected chi connectivity index (χ0v) is 14.1. The molecule has 1 aromatic carbocycles. The molecule has 0 aliphatic heterocycles. The molecule has 2 aromatic rings. The Bertz CT molecular complexity index is 808. The summed E-state index contributed by atoms with van der Waals surface area (Å²) in [5, 5.41) is 8.75. The molecular weight excluding hydrogens is 368 g/mol. The SMILES string of the molecule is CCNc1cnc(OC/C(=C/Nc2ccc(F)c(C(F)(F)F)c2)N=N)nc1. The fourth-order valence-corrected chi connectivity index (χ4v) is 1.93. The van der Waals surface area contributed by atoms with Crippen LogP contribution >= 0.6 is 0 Å². The number of nitrogens with zero attached hydrogens (tertiary/aromatic N) is 3. The number of halogens is 4. The first-order valence-electron chi connectivity index (χ1n) is 7.72. The maximum Gasteiger partial charge on any atom is 0.419 e. The van der Waals surface area contributed by atoms with Crippen LogP contribution in [0.4, 0.5) is 28.9 Å². The Hall–Kier alpha value is -3.24. The number of hydrogen-bond acceptors (Lipinski definition) is 7. The Morgan fingerprint density at radius 1 is 1.26 bits per heavy atom. The average Bonchev–Trinajstić information content (AvgIpc) is 2.63. The van der Waals surface area contributed by atoms with E-state index in [-0.39, 0.29) is 24.0 Å². The maximum atomic E-state index is 13.3. The van der Waals surface area contributed by atoms with Gasteiger partial charge in [0.15, 0.2) is 0 Å². The topological polar surface area (TPSA) is 95.3 Å². The van der Waals surface area contributed by atoms with E-state index in [0.717, 1.165) is 6.07 Å². The van der Waals surface area contributed by atoms with Crippen LogP contribution in [0.25, 0.3) is 0 Å². The van der Waals surface area contributed by atoms with Gasteiger partial charge >= 0.3 is 12.2 Å². The lowest BCUT2D eigenvalue weighted by atomic mass is 10.2. The minimum absolute atomic E-state index is 0.0175. The summed E-state index contributed by atoms with van der Waals surface area (Å²) in [5.74, 6) is -1.37. The van der Waals surface area contributed by atoms with Gasteiger partial charge in [0.1, 0.15) is 18.1 Å². The number of aromatic nitrogens is 2. The first-order chi connectivity index (χ1) is 12.8. The van der Waals surface area contributed by atoms with Crippen LogP contribution in [0.3, 0.4) is 0 Å². The number of anilines is 2. The van der Waals surface area contributed by atoms with Crippen LogP contribution in [-0.2, 0) is 6.18 Å². The molecule has 7 nitrogen and oxygen atoms in total. The van der Waals surface area contributed by atoms with Gasteiger partial charge in [0.05, 0.1) is 23.6 Å². The van der Waals surface area contributed by atoms with Crippen molar-refractivity contribution in [1.82, 2.24) is 9.97 Å². The maximum absolute atomic E-state index is 13.3. The Morgan fingerprint density at radius 3 is 2.56 bits per heavy atom. The Morgan fingerprint density at radius 2 is 1.96 bits per heavy atom. The van der Waals surface area contributed by atoms with E-state index >= 15 is 0 Å². The van der Waals surface area contributed by atoms with Gasteiger partial charge in [-0.25, -0.2) is 19.9 Å². The summed E-state index contributed by atoms with van der Waals surface area (Å²) in [7, 11) is 0. The van der Waals surface area contributed by atoms with Crippen molar-refractivity contribution < 1.29 is 22.3 Å². The van der Waals surface area contributed by atoms with Crippen molar-refractivity contribution in [2.24, 2.45) is 5.11 Å². The number of hydrogen-bond donors (Lipinski definition) is 3. The smallest absolute Gasteiger partial charge is 0.419 e. The quantitative estimate of drug-likeness (QED) is 0.462. The van der Waals surface area contributed by atoms with E-state index in [9.17, 15) is 17.6 Å². The van der Waals surface area contributed by atoms with Crippen LogP contribution in [0.1, 0.15) is 12.5 Å². The summed E-state index contributed by atoms with van der Waals surface area (Å²) in [6, 6.07) is 2.50. The summed E-state index contributed by atoms with van der Waals surface area (Å²) in [5.41, 5.74) is 6.47. The van der Waals surface area contributed by atoms with E-state index in [1.165, 1.54) is 18.6 Å².